The average Bonchev–Trinajstić information content (AvgIpc) is 3.47. The van der Waals surface area contributed by atoms with Gasteiger partial charge in [0.05, 0.1) is 11.3 Å². The van der Waals surface area contributed by atoms with Crippen LogP contribution in [0.1, 0.15) is 78.7 Å². The van der Waals surface area contributed by atoms with Crippen molar-refractivity contribution in [3.05, 3.63) is 114 Å². The number of aliphatic hydroxyl groups is 1. The summed E-state index contributed by atoms with van der Waals surface area (Å²) in [7, 11) is 0. The van der Waals surface area contributed by atoms with Crippen LogP contribution in [0.3, 0.4) is 0 Å². The molecule has 0 fully saturated rings. The van der Waals surface area contributed by atoms with Crippen LogP contribution < -0.4 is 0 Å². The second kappa shape index (κ2) is 17.2. The molecule has 0 aliphatic heterocycles. The Labute approximate surface area is 303 Å². The van der Waals surface area contributed by atoms with Gasteiger partial charge in [0.15, 0.2) is 5.78 Å². The molecule has 48 heavy (non-hydrogen) atoms. The van der Waals surface area contributed by atoms with Crippen molar-refractivity contribution in [2.75, 3.05) is 0 Å². The summed E-state index contributed by atoms with van der Waals surface area (Å²) in [5.74, 6) is 1.09. The maximum Gasteiger partial charge on any atom is 0.162 e. The summed E-state index contributed by atoms with van der Waals surface area (Å²) >= 11 is 1.83. The monoisotopic (exact) mass is 833 g/mol. The van der Waals surface area contributed by atoms with E-state index in [0.29, 0.717) is 5.92 Å². The molecule has 0 spiro atoms. The summed E-state index contributed by atoms with van der Waals surface area (Å²) in [5, 5.41) is 13.5. The molecule has 4 aromatic carbocycles. The Balaban J connectivity index is 0.000000279. The third-order valence-corrected chi connectivity index (χ3v) is 10.4. The molecule has 251 valence electrons. The number of aromatic nitrogens is 1. The molecule has 0 aliphatic rings. The van der Waals surface area contributed by atoms with Gasteiger partial charge >= 0.3 is 0 Å². The molecule has 2 aromatic heterocycles. The second-order valence-corrected chi connectivity index (χ2v) is 13.7. The first-order valence-corrected chi connectivity index (χ1v) is 17.9. The van der Waals surface area contributed by atoms with Gasteiger partial charge in [-0.1, -0.05) is 114 Å². The normalized spacial score (nSPS) is 11.7. The van der Waals surface area contributed by atoms with Crippen LogP contribution in [0.4, 0.5) is 0 Å². The van der Waals surface area contributed by atoms with Gasteiger partial charge in [0.1, 0.15) is 0 Å². The Morgan fingerprint density at radius 2 is 1.44 bits per heavy atom. The van der Waals surface area contributed by atoms with Gasteiger partial charge in [-0.25, -0.2) is 0 Å². The summed E-state index contributed by atoms with van der Waals surface area (Å²) in [6, 6.07) is 36.1. The number of rotatable bonds is 10. The van der Waals surface area contributed by atoms with E-state index >= 15 is 0 Å². The van der Waals surface area contributed by atoms with Gasteiger partial charge in [-0.3, -0.25) is 9.78 Å². The Morgan fingerprint density at radius 3 is 2.10 bits per heavy atom. The van der Waals surface area contributed by atoms with Crippen molar-refractivity contribution in [2.45, 2.75) is 73.1 Å². The molecule has 3 nitrogen and oxygen atoms in total. The van der Waals surface area contributed by atoms with E-state index in [9.17, 15) is 9.90 Å². The van der Waals surface area contributed by atoms with Crippen LogP contribution in [0.15, 0.2) is 103 Å². The maximum atomic E-state index is 11.7. The van der Waals surface area contributed by atoms with E-state index in [1.807, 2.05) is 39.0 Å². The number of allylic oxidation sites excluding steroid dienone is 2. The Kier molecular flexibility index (Phi) is 13.3. The molecule has 0 saturated heterocycles. The van der Waals surface area contributed by atoms with Crippen LogP contribution >= 0.6 is 11.3 Å². The van der Waals surface area contributed by atoms with Gasteiger partial charge in [0.2, 0.25) is 0 Å². The minimum absolute atomic E-state index is 0. The third kappa shape index (κ3) is 8.50. The number of carbonyl (C=O) groups is 1. The third-order valence-electron chi connectivity index (χ3n) is 9.27. The molecule has 6 rings (SSSR count). The molecule has 0 amide bonds. The maximum absolute atomic E-state index is 11.7. The Bertz CT molecular complexity index is 2000. The Morgan fingerprint density at radius 1 is 0.792 bits per heavy atom. The zero-order valence-electron chi connectivity index (χ0n) is 28.8. The van der Waals surface area contributed by atoms with Crippen molar-refractivity contribution in [3.63, 3.8) is 0 Å². The fraction of sp³-hybridized carbons (Fsp3) is 0.302. The van der Waals surface area contributed by atoms with Gasteiger partial charge in [0, 0.05) is 42.7 Å². The number of aliphatic hydroxyl groups excluding tert-OH is 1. The number of hydrogen-bond donors (Lipinski definition) is 1. The number of hydrogen-bond acceptors (Lipinski definition) is 4. The van der Waals surface area contributed by atoms with Crippen molar-refractivity contribution >= 4 is 48.2 Å². The first-order valence-electron chi connectivity index (χ1n) is 17.0. The molecule has 0 aliphatic carbocycles. The summed E-state index contributed by atoms with van der Waals surface area (Å²) in [6.45, 7) is 12.5. The first-order chi connectivity index (χ1) is 22.8. The van der Waals surface area contributed by atoms with Crippen LogP contribution in [0, 0.1) is 17.9 Å². The summed E-state index contributed by atoms with van der Waals surface area (Å²) in [4.78, 5) is 16.7. The van der Waals surface area contributed by atoms with Gasteiger partial charge in [-0.15, -0.1) is 23.8 Å². The molecule has 0 saturated carbocycles. The molecule has 6 aromatic rings. The smallest absolute Gasteiger partial charge is 0.162 e. The predicted octanol–water partition coefficient (Wildman–Crippen LogP) is 12.7. The van der Waals surface area contributed by atoms with Gasteiger partial charge in [-0.2, -0.15) is 11.3 Å². The zero-order valence-corrected chi connectivity index (χ0v) is 32.1. The Hall–Kier alpha value is -3.63. The molecule has 2 heterocycles. The largest absolute Gasteiger partial charge is 0.512 e. The van der Waals surface area contributed by atoms with Gasteiger partial charge in [-0.05, 0) is 81.6 Å². The second-order valence-electron chi connectivity index (χ2n) is 12.6. The molecular formula is C43H46IrNO2S-. The van der Waals surface area contributed by atoms with Crippen LogP contribution in [0.2, 0.25) is 0 Å². The fourth-order valence-corrected chi connectivity index (χ4v) is 7.22. The van der Waals surface area contributed by atoms with Crippen LogP contribution in [-0.4, -0.2) is 15.9 Å². The molecule has 0 bridgehead atoms. The van der Waals surface area contributed by atoms with Gasteiger partial charge in [0.25, 0.3) is 0 Å². The zero-order chi connectivity index (χ0) is 33.5. The number of carbonyl (C=O) groups excluding carboxylic acids is 1. The number of ketones is 1. The molecular weight excluding hydrogens is 787 g/mol. The van der Waals surface area contributed by atoms with Crippen molar-refractivity contribution in [2.24, 2.45) is 11.8 Å². The number of benzene rings is 4. The molecule has 1 N–H and O–H groups in total. The van der Waals surface area contributed by atoms with E-state index < -0.39 is 0 Å². The SMILES string of the molecule is CC(C)c1ccc(-c2ccc3ccc(-c4[c-]cc5c(c4)sc4ccccc45)nc3c2)cc1.CCC(CC)C(=O)/C=C(\O)C(CC)CC.[Ir]. The minimum atomic E-state index is 0. The molecule has 1 radical (unpaired) electrons. The quantitative estimate of drug-likeness (QED) is 0.0850. The van der Waals surface area contributed by atoms with Crippen molar-refractivity contribution < 1.29 is 30.0 Å². The van der Waals surface area contributed by atoms with Crippen LogP contribution in [0.25, 0.3) is 53.5 Å². The minimum Gasteiger partial charge on any atom is -0.512 e. The molecule has 0 atom stereocenters. The van der Waals surface area contributed by atoms with Crippen LogP contribution in [0.5, 0.6) is 0 Å². The fourth-order valence-electron chi connectivity index (χ4n) is 6.10. The number of nitrogens with zero attached hydrogens (tertiary/aromatic N) is 1. The van der Waals surface area contributed by atoms with Crippen molar-refractivity contribution in [3.8, 4) is 22.4 Å². The average molecular weight is 833 g/mol. The number of fused-ring (bicyclic) bond motifs is 4. The summed E-state index contributed by atoms with van der Waals surface area (Å²) in [6.07, 6.45) is 4.91. The van der Waals surface area contributed by atoms with Crippen LogP contribution in [-0.2, 0) is 24.9 Å². The van der Waals surface area contributed by atoms with E-state index in [4.69, 9.17) is 4.98 Å². The topological polar surface area (TPSA) is 50.2 Å². The van der Waals surface area contributed by atoms with Crippen molar-refractivity contribution in [1.82, 2.24) is 4.98 Å². The van der Waals surface area contributed by atoms with E-state index in [-0.39, 0.29) is 43.5 Å². The van der Waals surface area contributed by atoms with E-state index in [1.54, 1.807) is 0 Å². The summed E-state index contributed by atoms with van der Waals surface area (Å²) in [5.41, 5.74) is 6.80. The van der Waals surface area contributed by atoms with Crippen molar-refractivity contribution in [1.29, 1.82) is 0 Å². The first kappa shape index (κ1) is 37.2. The summed E-state index contributed by atoms with van der Waals surface area (Å²) < 4.78 is 2.59. The number of pyridine rings is 1. The standard InChI is InChI=1S/C30H22NS.C13H24O2.Ir/c1-19(2)20-7-9-21(10-8-20)23-12-11-22-14-16-27(31-28(22)17-23)24-13-15-26-25-5-3-4-6-29(25)32-30(26)18-24;1-5-10(6-2)12(14)9-13(15)11(7-3)8-4;/h3-12,14-19H,1-2H3;9-11,14H,5-8H2,1-4H3;/q-1;;/b;12-9-;. The predicted molar refractivity (Wildman–Crippen MR) is 202 cm³/mol. The number of thiophene rings is 1. The molecule has 5 heteroatoms. The van der Waals surface area contributed by atoms with Gasteiger partial charge < -0.3 is 5.11 Å². The molecule has 0 unspecified atom stereocenters. The van der Waals surface area contributed by atoms with E-state index in [2.05, 4.69) is 111 Å². The van der Waals surface area contributed by atoms with E-state index in [0.717, 1.165) is 47.8 Å². The van der Waals surface area contributed by atoms with E-state index in [1.165, 1.54) is 42.9 Å².